The van der Waals surface area contributed by atoms with Gasteiger partial charge in [0.05, 0.1) is 13.1 Å². The van der Waals surface area contributed by atoms with E-state index in [1.807, 2.05) is 63.2 Å². The lowest BCUT2D eigenvalue weighted by Gasteiger charge is -2.18. The fourth-order valence-electron chi connectivity index (χ4n) is 2.74. The van der Waals surface area contributed by atoms with Crippen LogP contribution in [0.2, 0.25) is 0 Å². The summed E-state index contributed by atoms with van der Waals surface area (Å²) in [5.74, 6) is 1.55. The van der Waals surface area contributed by atoms with Crippen molar-refractivity contribution in [2.24, 2.45) is 4.99 Å². The van der Waals surface area contributed by atoms with E-state index in [0.29, 0.717) is 25.2 Å². The Hall–Kier alpha value is -3.02. The van der Waals surface area contributed by atoms with Crippen molar-refractivity contribution < 1.29 is 9.53 Å². The maximum absolute atomic E-state index is 11.8. The van der Waals surface area contributed by atoms with Crippen molar-refractivity contribution in [2.45, 2.75) is 40.3 Å². The zero-order valence-electron chi connectivity index (χ0n) is 17.8. The first-order valence-corrected chi connectivity index (χ1v) is 10.1. The minimum absolute atomic E-state index is 0.00276. The van der Waals surface area contributed by atoms with Gasteiger partial charge in [-0.05, 0) is 63.1 Å². The Morgan fingerprint density at radius 3 is 2.41 bits per heavy atom. The molecular weight excluding hydrogens is 364 g/mol. The summed E-state index contributed by atoms with van der Waals surface area (Å²) < 4.78 is 5.96. The first kappa shape index (κ1) is 22.3. The Bertz CT molecular complexity index is 803. The lowest BCUT2D eigenvalue weighted by Crippen LogP contribution is -2.41. The number of rotatable bonds is 9. The van der Waals surface area contributed by atoms with Gasteiger partial charge in [0.25, 0.3) is 5.91 Å². The summed E-state index contributed by atoms with van der Waals surface area (Å²) in [6.07, 6.45) is -0.00276. The average molecular weight is 397 g/mol. The highest BCUT2D eigenvalue weighted by molar-refractivity contribution is 5.94. The van der Waals surface area contributed by atoms with Crippen molar-refractivity contribution in [1.29, 1.82) is 0 Å². The van der Waals surface area contributed by atoms with E-state index in [9.17, 15) is 4.79 Å². The maximum atomic E-state index is 11.8. The lowest BCUT2D eigenvalue weighted by molar-refractivity contribution is 0.0956. The highest BCUT2D eigenvalue weighted by atomic mass is 16.5. The number of carbonyl (C=O) groups excluding carboxylic acids is 1. The van der Waals surface area contributed by atoms with Crippen LogP contribution in [-0.4, -0.2) is 37.6 Å². The lowest BCUT2D eigenvalue weighted by atomic mass is 10.1. The summed E-state index contributed by atoms with van der Waals surface area (Å²) in [6.45, 7) is 10.6. The third kappa shape index (κ3) is 7.86. The number of hydrogen-bond acceptors (Lipinski definition) is 3. The van der Waals surface area contributed by atoms with E-state index in [1.165, 1.54) is 5.56 Å². The molecule has 6 nitrogen and oxygen atoms in total. The molecule has 1 amide bonds. The number of nitrogens with one attached hydrogen (secondary N) is 3. The largest absolute Gasteiger partial charge is 0.489 e. The van der Waals surface area contributed by atoms with Crippen LogP contribution in [0.1, 0.15) is 42.3 Å². The van der Waals surface area contributed by atoms with Gasteiger partial charge in [0.15, 0.2) is 5.96 Å². The number of benzene rings is 2. The molecule has 1 unspecified atom stereocenters. The van der Waals surface area contributed by atoms with Gasteiger partial charge in [-0.25, -0.2) is 4.99 Å². The molecule has 0 bridgehead atoms. The van der Waals surface area contributed by atoms with Crippen LogP contribution in [0, 0.1) is 6.92 Å². The third-order valence-corrected chi connectivity index (χ3v) is 4.20. The Morgan fingerprint density at radius 1 is 1.03 bits per heavy atom. The zero-order valence-corrected chi connectivity index (χ0v) is 17.8. The van der Waals surface area contributed by atoms with E-state index >= 15 is 0 Å². The van der Waals surface area contributed by atoms with Crippen LogP contribution in [0.15, 0.2) is 53.5 Å². The molecule has 1 atom stereocenters. The van der Waals surface area contributed by atoms with Gasteiger partial charge in [0.2, 0.25) is 0 Å². The van der Waals surface area contributed by atoms with Crippen LogP contribution >= 0.6 is 0 Å². The van der Waals surface area contributed by atoms with Gasteiger partial charge in [-0.2, -0.15) is 0 Å². The number of hydrogen-bond donors (Lipinski definition) is 3. The molecule has 0 heterocycles. The van der Waals surface area contributed by atoms with Crippen molar-refractivity contribution >= 4 is 11.9 Å². The number of ether oxygens (including phenoxy) is 1. The van der Waals surface area contributed by atoms with Crippen molar-refractivity contribution in [3.05, 3.63) is 65.2 Å². The second kappa shape index (κ2) is 11.7. The van der Waals surface area contributed by atoms with Crippen LogP contribution in [-0.2, 0) is 6.54 Å². The Kier molecular flexibility index (Phi) is 9.02. The SMILES string of the molecule is CCNC(=O)c1ccc(CN=C(NCC)NCC(C)Oc2cccc(C)c2)cc1. The molecule has 0 aliphatic rings. The molecule has 0 spiro atoms. The molecule has 0 fully saturated rings. The number of nitrogens with zero attached hydrogens (tertiary/aromatic N) is 1. The van der Waals surface area contributed by atoms with Gasteiger partial charge in [0.1, 0.15) is 11.9 Å². The first-order chi connectivity index (χ1) is 14.0. The quantitative estimate of drug-likeness (QED) is 0.449. The second-order valence-corrected chi connectivity index (χ2v) is 6.88. The van der Waals surface area contributed by atoms with Crippen LogP contribution in [0.5, 0.6) is 5.75 Å². The maximum Gasteiger partial charge on any atom is 0.251 e. The second-order valence-electron chi connectivity index (χ2n) is 6.88. The molecule has 2 aromatic carbocycles. The molecule has 2 aromatic rings. The molecule has 0 aliphatic carbocycles. The molecule has 3 N–H and O–H groups in total. The van der Waals surface area contributed by atoms with E-state index in [0.717, 1.165) is 23.8 Å². The minimum Gasteiger partial charge on any atom is -0.489 e. The predicted molar refractivity (Wildman–Crippen MR) is 119 cm³/mol. The highest BCUT2D eigenvalue weighted by Gasteiger charge is 2.07. The fourth-order valence-corrected chi connectivity index (χ4v) is 2.74. The monoisotopic (exact) mass is 396 g/mol. The number of guanidine groups is 1. The Morgan fingerprint density at radius 2 is 1.76 bits per heavy atom. The van der Waals surface area contributed by atoms with Crippen LogP contribution in [0.4, 0.5) is 0 Å². The molecule has 0 aliphatic heterocycles. The summed E-state index contributed by atoms with van der Waals surface area (Å²) >= 11 is 0. The molecule has 0 saturated heterocycles. The van der Waals surface area contributed by atoms with Gasteiger partial charge in [-0.15, -0.1) is 0 Å². The third-order valence-electron chi connectivity index (χ3n) is 4.20. The number of amides is 1. The van der Waals surface area contributed by atoms with E-state index in [-0.39, 0.29) is 12.0 Å². The summed E-state index contributed by atoms with van der Waals surface area (Å²) in [5, 5.41) is 9.37. The van der Waals surface area contributed by atoms with Gasteiger partial charge < -0.3 is 20.7 Å². The number of aliphatic imine (C=N–C) groups is 1. The van der Waals surface area contributed by atoms with Crippen molar-refractivity contribution in [3.8, 4) is 5.75 Å². The van der Waals surface area contributed by atoms with E-state index in [1.54, 1.807) is 0 Å². The van der Waals surface area contributed by atoms with Crippen LogP contribution < -0.4 is 20.7 Å². The molecule has 0 aromatic heterocycles. The summed E-state index contributed by atoms with van der Waals surface area (Å²) in [7, 11) is 0. The molecule has 2 rings (SSSR count). The minimum atomic E-state index is -0.0554. The normalized spacial score (nSPS) is 12.2. The van der Waals surface area contributed by atoms with Crippen molar-refractivity contribution in [2.75, 3.05) is 19.6 Å². The molecule has 6 heteroatoms. The first-order valence-electron chi connectivity index (χ1n) is 10.1. The fraction of sp³-hybridized carbons (Fsp3) is 0.391. The van der Waals surface area contributed by atoms with Crippen molar-refractivity contribution in [3.63, 3.8) is 0 Å². The van der Waals surface area contributed by atoms with E-state index < -0.39 is 0 Å². The Balaban J connectivity index is 1.89. The summed E-state index contributed by atoms with van der Waals surface area (Å²) in [6, 6.07) is 15.6. The molecule has 29 heavy (non-hydrogen) atoms. The van der Waals surface area contributed by atoms with Gasteiger partial charge in [-0.1, -0.05) is 24.3 Å². The van der Waals surface area contributed by atoms with Gasteiger partial charge in [0, 0.05) is 18.7 Å². The van der Waals surface area contributed by atoms with Crippen LogP contribution in [0.25, 0.3) is 0 Å². The molecule has 0 radical (unpaired) electrons. The molecular formula is C23H32N4O2. The highest BCUT2D eigenvalue weighted by Crippen LogP contribution is 2.13. The zero-order chi connectivity index (χ0) is 21.1. The van der Waals surface area contributed by atoms with E-state index in [4.69, 9.17) is 4.74 Å². The van der Waals surface area contributed by atoms with E-state index in [2.05, 4.69) is 33.9 Å². The number of aryl methyl sites for hydroxylation is 1. The van der Waals surface area contributed by atoms with Crippen LogP contribution in [0.3, 0.4) is 0 Å². The summed E-state index contributed by atoms with van der Waals surface area (Å²) in [4.78, 5) is 16.5. The predicted octanol–water partition coefficient (Wildman–Crippen LogP) is 3.27. The van der Waals surface area contributed by atoms with Gasteiger partial charge >= 0.3 is 0 Å². The molecule has 156 valence electrons. The topological polar surface area (TPSA) is 74.8 Å². The average Bonchev–Trinajstić information content (AvgIpc) is 2.70. The summed E-state index contributed by atoms with van der Waals surface area (Å²) in [5.41, 5.74) is 2.88. The standard InChI is InChI=1S/C23H32N4O2/c1-5-24-22(28)20-12-10-19(11-13-20)16-27-23(25-6-2)26-15-18(4)29-21-9-7-8-17(3)14-21/h7-14,18H,5-6,15-16H2,1-4H3,(H,24,28)(H2,25,26,27). The molecule has 0 saturated carbocycles. The van der Waals surface area contributed by atoms with Crippen molar-refractivity contribution in [1.82, 2.24) is 16.0 Å². The Labute approximate surface area is 173 Å². The van der Waals surface area contributed by atoms with Gasteiger partial charge in [-0.3, -0.25) is 4.79 Å². The number of carbonyl (C=O) groups is 1. The smallest absolute Gasteiger partial charge is 0.251 e.